The van der Waals surface area contributed by atoms with Gasteiger partial charge in [-0.15, -0.1) is 0 Å². The van der Waals surface area contributed by atoms with Gasteiger partial charge in [-0.2, -0.15) is 0 Å². The van der Waals surface area contributed by atoms with E-state index in [0.29, 0.717) is 24.3 Å². The molecule has 2 aliphatic rings. The maximum atomic E-state index is 12.4. The summed E-state index contributed by atoms with van der Waals surface area (Å²) in [4.78, 5) is 21.1. The van der Waals surface area contributed by atoms with Crippen LogP contribution in [-0.2, 0) is 6.42 Å². The monoisotopic (exact) mass is 340 g/mol. The Kier molecular flexibility index (Phi) is 4.23. The van der Waals surface area contributed by atoms with E-state index >= 15 is 0 Å². The normalized spacial score (nSPS) is 22.1. The molecule has 0 spiro atoms. The van der Waals surface area contributed by atoms with Gasteiger partial charge in [0.25, 0.3) is 5.91 Å². The molecule has 130 valence electrons. The molecule has 2 aliphatic heterocycles. The Morgan fingerprint density at radius 2 is 2.16 bits per heavy atom. The summed E-state index contributed by atoms with van der Waals surface area (Å²) in [5.41, 5.74) is 1.41. The fourth-order valence-corrected chi connectivity index (χ4v) is 3.26. The zero-order valence-corrected chi connectivity index (χ0v) is 13.7. The van der Waals surface area contributed by atoms with Gasteiger partial charge in [0, 0.05) is 18.5 Å². The number of hydrogen-bond acceptors (Lipinski definition) is 6. The third kappa shape index (κ3) is 3.41. The minimum Gasteiger partial charge on any atom is -0.508 e. The highest BCUT2D eigenvalue weighted by molar-refractivity contribution is 5.93. The summed E-state index contributed by atoms with van der Waals surface area (Å²) >= 11 is 0. The Bertz CT molecular complexity index is 772. The predicted molar refractivity (Wildman–Crippen MR) is 90.6 cm³/mol. The summed E-state index contributed by atoms with van der Waals surface area (Å²) in [6.45, 7) is 1.35. The van der Waals surface area contributed by atoms with Gasteiger partial charge in [0.05, 0.1) is 17.6 Å². The first-order valence-electron chi connectivity index (χ1n) is 8.50. The number of aromatic hydroxyl groups is 1. The number of carbonyl (C=O) groups is 1. The molecule has 0 radical (unpaired) electrons. The molecule has 0 bridgehead atoms. The van der Waals surface area contributed by atoms with Crippen molar-refractivity contribution in [1.29, 1.82) is 0 Å². The van der Waals surface area contributed by atoms with Crippen molar-refractivity contribution in [1.82, 2.24) is 20.6 Å². The van der Waals surface area contributed by atoms with Crippen molar-refractivity contribution in [3.8, 4) is 11.5 Å². The minimum absolute atomic E-state index is 0.124. The Morgan fingerprint density at radius 1 is 1.32 bits per heavy atom. The third-order valence-electron chi connectivity index (χ3n) is 4.60. The quantitative estimate of drug-likeness (QED) is 0.780. The van der Waals surface area contributed by atoms with Gasteiger partial charge >= 0.3 is 0 Å². The van der Waals surface area contributed by atoms with Crippen LogP contribution in [0.5, 0.6) is 11.5 Å². The van der Waals surface area contributed by atoms with E-state index in [4.69, 9.17) is 4.74 Å². The molecule has 2 unspecified atom stereocenters. The molecule has 0 saturated carbocycles. The molecular weight excluding hydrogens is 320 g/mol. The summed E-state index contributed by atoms with van der Waals surface area (Å²) in [5, 5.41) is 15.8. The van der Waals surface area contributed by atoms with Crippen LogP contribution >= 0.6 is 0 Å². The minimum atomic E-state index is -0.207. The second kappa shape index (κ2) is 6.68. The van der Waals surface area contributed by atoms with Crippen LogP contribution in [0.1, 0.15) is 40.6 Å². The number of ether oxygens (including phenoxy) is 1. The van der Waals surface area contributed by atoms with Crippen molar-refractivity contribution in [3.05, 3.63) is 47.5 Å². The molecule has 2 aromatic rings. The number of aromatic nitrogens is 2. The molecule has 3 N–H and O–H groups in total. The van der Waals surface area contributed by atoms with Gasteiger partial charge in [0.1, 0.15) is 23.9 Å². The Balaban J connectivity index is 1.39. The van der Waals surface area contributed by atoms with Gasteiger partial charge in [-0.3, -0.25) is 4.79 Å². The molecule has 3 heterocycles. The molecule has 7 heteroatoms. The van der Waals surface area contributed by atoms with Crippen molar-refractivity contribution in [3.63, 3.8) is 0 Å². The van der Waals surface area contributed by atoms with E-state index in [9.17, 15) is 9.90 Å². The SMILES string of the molecule is O=C(NC1COc2cc(O)ccc2C1)c1cnc(C2CCCN2)nc1. The van der Waals surface area contributed by atoms with Crippen LogP contribution in [0.3, 0.4) is 0 Å². The maximum absolute atomic E-state index is 12.4. The third-order valence-corrected chi connectivity index (χ3v) is 4.60. The van der Waals surface area contributed by atoms with Crippen LogP contribution < -0.4 is 15.4 Å². The van der Waals surface area contributed by atoms with Gasteiger partial charge in [-0.05, 0) is 37.4 Å². The van der Waals surface area contributed by atoms with Crippen LogP contribution in [0.25, 0.3) is 0 Å². The van der Waals surface area contributed by atoms with E-state index in [2.05, 4.69) is 20.6 Å². The Hall–Kier alpha value is -2.67. The van der Waals surface area contributed by atoms with Gasteiger partial charge in [-0.1, -0.05) is 6.07 Å². The Morgan fingerprint density at radius 3 is 2.92 bits per heavy atom. The van der Waals surface area contributed by atoms with Crippen LogP contribution in [-0.4, -0.2) is 40.2 Å². The molecule has 25 heavy (non-hydrogen) atoms. The van der Waals surface area contributed by atoms with Gasteiger partial charge in [0.2, 0.25) is 0 Å². The lowest BCUT2D eigenvalue weighted by Crippen LogP contribution is -2.42. The summed E-state index contributed by atoms with van der Waals surface area (Å²) in [5.74, 6) is 1.38. The number of nitrogens with zero attached hydrogens (tertiary/aromatic N) is 2. The van der Waals surface area contributed by atoms with Crippen molar-refractivity contribution in [2.45, 2.75) is 31.3 Å². The number of phenolic OH excluding ortho intramolecular Hbond substituents is 1. The number of nitrogens with one attached hydrogen (secondary N) is 2. The Labute approximate surface area is 145 Å². The number of hydrogen-bond donors (Lipinski definition) is 3. The van der Waals surface area contributed by atoms with E-state index in [0.717, 1.165) is 30.8 Å². The average molecular weight is 340 g/mol. The molecular formula is C18H20N4O3. The predicted octanol–water partition coefficient (Wildman–Crippen LogP) is 1.34. The summed E-state index contributed by atoms with van der Waals surface area (Å²) in [6, 6.07) is 5.10. The summed E-state index contributed by atoms with van der Waals surface area (Å²) in [7, 11) is 0. The highest BCUT2D eigenvalue weighted by atomic mass is 16.5. The van der Waals surface area contributed by atoms with E-state index in [-0.39, 0.29) is 23.7 Å². The smallest absolute Gasteiger partial charge is 0.254 e. The largest absolute Gasteiger partial charge is 0.508 e. The number of rotatable bonds is 3. The fourth-order valence-electron chi connectivity index (χ4n) is 3.26. The standard InChI is InChI=1S/C18H20N4O3/c23-14-4-3-11-6-13(10-25-16(11)7-14)22-18(24)12-8-20-17(21-9-12)15-2-1-5-19-15/h3-4,7-9,13,15,19,23H,1-2,5-6,10H2,(H,22,24). The number of phenols is 1. The van der Waals surface area contributed by atoms with Crippen LogP contribution in [0, 0.1) is 0 Å². The molecule has 4 rings (SSSR count). The lowest BCUT2D eigenvalue weighted by atomic mass is 10.0. The van der Waals surface area contributed by atoms with E-state index in [1.807, 2.05) is 6.07 Å². The first-order valence-corrected chi connectivity index (χ1v) is 8.50. The highest BCUT2D eigenvalue weighted by Gasteiger charge is 2.23. The maximum Gasteiger partial charge on any atom is 0.254 e. The molecule has 0 aliphatic carbocycles. The molecule has 1 amide bonds. The molecule has 1 fully saturated rings. The average Bonchev–Trinajstić information content (AvgIpc) is 3.17. The molecule has 7 nitrogen and oxygen atoms in total. The lowest BCUT2D eigenvalue weighted by Gasteiger charge is -2.26. The first kappa shape index (κ1) is 15.8. The summed E-state index contributed by atoms with van der Waals surface area (Å²) in [6.07, 6.45) is 5.96. The zero-order valence-electron chi connectivity index (χ0n) is 13.7. The van der Waals surface area contributed by atoms with Gasteiger partial charge in [-0.25, -0.2) is 9.97 Å². The van der Waals surface area contributed by atoms with Gasteiger partial charge < -0.3 is 20.5 Å². The van der Waals surface area contributed by atoms with Gasteiger partial charge in [0.15, 0.2) is 0 Å². The fraction of sp³-hybridized carbons (Fsp3) is 0.389. The van der Waals surface area contributed by atoms with Crippen molar-refractivity contribution >= 4 is 5.91 Å². The van der Waals surface area contributed by atoms with Crippen LogP contribution in [0.4, 0.5) is 0 Å². The van der Waals surface area contributed by atoms with Crippen molar-refractivity contribution in [2.24, 2.45) is 0 Å². The van der Waals surface area contributed by atoms with E-state index < -0.39 is 0 Å². The molecule has 2 atom stereocenters. The van der Waals surface area contributed by atoms with Crippen LogP contribution in [0.2, 0.25) is 0 Å². The van der Waals surface area contributed by atoms with E-state index in [1.165, 1.54) is 0 Å². The number of carbonyl (C=O) groups excluding carboxylic acids is 1. The summed E-state index contributed by atoms with van der Waals surface area (Å²) < 4.78 is 5.63. The van der Waals surface area contributed by atoms with Crippen molar-refractivity contribution < 1.29 is 14.6 Å². The lowest BCUT2D eigenvalue weighted by molar-refractivity contribution is 0.0914. The zero-order chi connectivity index (χ0) is 17.2. The number of benzene rings is 1. The number of amides is 1. The second-order valence-electron chi connectivity index (χ2n) is 6.46. The molecule has 1 aromatic heterocycles. The molecule has 1 saturated heterocycles. The topological polar surface area (TPSA) is 96.4 Å². The van der Waals surface area contributed by atoms with Crippen molar-refractivity contribution in [2.75, 3.05) is 13.2 Å². The second-order valence-corrected chi connectivity index (χ2v) is 6.46. The highest BCUT2D eigenvalue weighted by Crippen LogP contribution is 2.28. The number of fused-ring (bicyclic) bond motifs is 1. The van der Waals surface area contributed by atoms with E-state index in [1.54, 1.807) is 24.5 Å². The molecule has 1 aromatic carbocycles. The van der Waals surface area contributed by atoms with Crippen LogP contribution in [0.15, 0.2) is 30.6 Å². The first-order chi connectivity index (χ1) is 12.2.